The molecule has 5 rings (SSSR count). The highest BCUT2D eigenvalue weighted by Crippen LogP contribution is 2.57. The van der Waals surface area contributed by atoms with Crippen LogP contribution in [0.25, 0.3) is 0 Å². The molecule has 3 atom stereocenters. The van der Waals surface area contributed by atoms with Gasteiger partial charge >= 0.3 is 0 Å². The van der Waals surface area contributed by atoms with Gasteiger partial charge in [-0.05, 0) is 74.4 Å². The maximum atomic E-state index is 15.3. The van der Waals surface area contributed by atoms with Crippen LogP contribution in [0.3, 0.4) is 0 Å². The minimum atomic E-state index is -4.24. The fraction of sp³-hybridized carbons (Fsp3) is 0.500. The number of halogens is 3. The van der Waals surface area contributed by atoms with Gasteiger partial charge in [0.1, 0.15) is 10.6 Å². The first-order valence-electron chi connectivity index (χ1n) is 11.7. The van der Waals surface area contributed by atoms with Gasteiger partial charge in [-0.3, -0.25) is 0 Å². The summed E-state index contributed by atoms with van der Waals surface area (Å²) in [7, 11) is -7.73. The molecule has 190 valence electrons. The molecule has 11 heteroatoms. The number of benzene rings is 2. The average molecular weight is 546 g/mol. The number of rotatable bonds is 5. The third kappa shape index (κ3) is 4.06. The van der Waals surface area contributed by atoms with Gasteiger partial charge in [0.05, 0.1) is 22.8 Å². The number of nitrogens with zero attached hydrogens (tertiary/aromatic N) is 1. The molecule has 3 aliphatic rings. The Balaban J connectivity index is 1.58. The maximum Gasteiger partial charge on any atom is 0.214 e. The minimum Gasteiger partial charge on any atom is -0.490 e. The lowest BCUT2D eigenvalue weighted by molar-refractivity contribution is 0.103. The second kappa shape index (κ2) is 8.97. The molecule has 0 radical (unpaired) electrons. The fourth-order valence-corrected chi connectivity index (χ4v) is 10.4. The SMILES string of the molecule is O=S(=O)(C[C@H]1CC[C@]2(S(=O)(=O)c3ccc(Cl)cc3)c3c(F)ccc(F)c3OC[C@@H]2C1)N1CCCC1. The summed E-state index contributed by atoms with van der Waals surface area (Å²) >= 11 is 5.96. The van der Waals surface area contributed by atoms with E-state index in [4.69, 9.17) is 16.3 Å². The predicted octanol–water partition coefficient (Wildman–Crippen LogP) is 4.52. The smallest absolute Gasteiger partial charge is 0.214 e. The van der Waals surface area contributed by atoms with E-state index in [0.29, 0.717) is 18.1 Å². The maximum absolute atomic E-state index is 15.3. The van der Waals surface area contributed by atoms with Crippen LogP contribution in [-0.4, -0.2) is 46.6 Å². The van der Waals surface area contributed by atoms with E-state index in [0.717, 1.165) is 25.0 Å². The van der Waals surface area contributed by atoms with Gasteiger partial charge in [-0.15, -0.1) is 0 Å². The Labute approximate surface area is 209 Å². The van der Waals surface area contributed by atoms with Crippen LogP contribution >= 0.6 is 11.6 Å². The van der Waals surface area contributed by atoms with E-state index in [-0.39, 0.29) is 53.7 Å². The number of ether oxygens (including phenoxy) is 1. The van der Waals surface area contributed by atoms with E-state index >= 15 is 4.39 Å². The van der Waals surface area contributed by atoms with Gasteiger partial charge in [-0.1, -0.05) is 11.6 Å². The van der Waals surface area contributed by atoms with Crippen molar-refractivity contribution in [3.8, 4) is 5.75 Å². The van der Waals surface area contributed by atoms with E-state index in [9.17, 15) is 21.2 Å². The monoisotopic (exact) mass is 545 g/mol. The Morgan fingerprint density at radius 2 is 1.66 bits per heavy atom. The van der Waals surface area contributed by atoms with Crippen molar-refractivity contribution in [2.75, 3.05) is 25.4 Å². The van der Waals surface area contributed by atoms with Crippen LogP contribution in [0.1, 0.15) is 37.7 Å². The van der Waals surface area contributed by atoms with Crippen LogP contribution in [0.4, 0.5) is 8.78 Å². The fourth-order valence-electron chi connectivity index (χ4n) is 5.95. The first kappa shape index (κ1) is 24.9. The summed E-state index contributed by atoms with van der Waals surface area (Å²) in [6.07, 6.45) is 2.05. The summed E-state index contributed by atoms with van der Waals surface area (Å²) in [6, 6.07) is 7.45. The molecule has 2 aliphatic heterocycles. The Morgan fingerprint density at radius 1 is 1.00 bits per heavy atom. The van der Waals surface area contributed by atoms with Crippen LogP contribution in [0.5, 0.6) is 5.75 Å². The predicted molar refractivity (Wildman–Crippen MR) is 128 cm³/mol. The molecule has 0 unspecified atom stereocenters. The van der Waals surface area contributed by atoms with Crippen molar-refractivity contribution < 1.29 is 30.4 Å². The van der Waals surface area contributed by atoms with Crippen molar-refractivity contribution in [3.63, 3.8) is 0 Å². The quantitative estimate of drug-likeness (QED) is 0.552. The third-order valence-electron chi connectivity index (χ3n) is 7.62. The van der Waals surface area contributed by atoms with Crippen molar-refractivity contribution in [1.82, 2.24) is 4.31 Å². The average Bonchev–Trinajstić information content (AvgIpc) is 3.37. The molecule has 2 heterocycles. The summed E-state index contributed by atoms with van der Waals surface area (Å²) in [5.74, 6) is -3.24. The summed E-state index contributed by atoms with van der Waals surface area (Å²) in [6.45, 7) is 0.836. The van der Waals surface area contributed by atoms with E-state index in [1.165, 1.54) is 28.6 Å². The van der Waals surface area contributed by atoms with Gasteiger partial charge in [-0.2, -0.15) is 0 Å². The molecule has 0 spiro atoms. The molecule has 1 aliphatic carbocycles. The topological polar surface area (TPSA) is 80.8 Å². The van der Waals surface area contributed by atoms with Crippen molar-refractivity contribution >= 4 is 31.5 Å². The van der Waals surface area contributed by atoms with Gasteiger partial charge < -0.3 is 4.74 Å². The molecule has 0 aromatic heterocycles. The zero-order chi connectivity index (χ0) is 25.0. The molecule has 0 bridgehead atoms. The zero-order valence-electron chi connectivity index (χ0n) is 18.9. The van der Waals surface area contributed by atoms with Gasteiger partial charge in [0, 0.05) is 24.0 Å². The normalized spacial score (nSPS) is 27.2. The molecule has 2 aromatic carbocycles. The van der Waals surface area contributed by atoms with E-state index in [2.05, 4.69) is 0 Å². The van der Waals surface area contributed by atoms with Gasteiger partial charge in [0.25, 0.3) is 0 Å². The van der Waals surface area contributed by atoms with Gasteiger partial charge in [0.15, 0.2) is 21.4 Å². The van der Waals surface area contributed by atoms with Gasteiger partial charge in [-0.25, -0.2) is 29.9 Å². The summed E-state index contributed by atoms with van der Waals surface area (Å²) in [4.78, 5) is -0.0495. The highest BCUT2D eigenvalue weighted by atomic mass is 35.5. The number of hydrogen-bond acceptors (Lipinski definition) is 5. The van der Waals surface area contributed by atoms with E-state index in [1.54, 1.807) is 0 Å². The lowest BCUT2D eigenvalue weighted by atomic mass is 9.69. The number of hydrogen-bond donors (Lipinski definition) is 0. The zero-order valence-corrected chi connectivity index (χ0v) is 21.3. The first-order chi connectivity index (χ1) is 16.6. The van der Waals surface area contributed by atoms with Crippen molar-refractivity contribution in [3.05, 3.63) is 58.6 Å². The molecule has 0 N–H and O–H groups in total. The summed E-state index contributed by atoms with van der Waals surface area (Å²) in [5, 5.41) is 0.346. The highest BCUT2D eigenvalue weighted by Gasteiger charge is 2.59. The Morgan fingerprint density at radius 3 is 2.34 bits per heavy atom. The first-order valence-corrected chi connectivity index (χ1v) is 15.1. The van der Waals surface area contributed by atoms with Crippen molar-refractivity contribution in [2.24, 2.45) is 11.8 Å². The summed E-state index contributed by atoms with van der Waals surface area (Å²) in [5.41, 5.74) is -0.301. The van der Waals surface area contributed by atoms with E-state index in [1.807, 2.05) is 0 Å². The van der Waals surface area contributed by atoms with Crippen LogP contribution in [0.15, 0.2) is 41.3 Å². The molecule has 1 saturated heterocycles. The van der Waals surface area contributed by atoms with Crippen LogP contribution in [0, 0.1) is 23.5 Å². The third-order valence-corrected chi connectivity index (χ3v) is 12.5. The minimum absolute atomic E-state index is 0.0421. The lowest BCUT2D eigenvalue weighted by Crippen LogP contribution is -2.53. The van der Waals surface area contributed by atoms with Crippen LogP contribution in [-0.2, 0) is 24.6 Å². The van der Waals surface area contributed by atoms with Crippen molar-refractivity contribution in [2.45, 2.75) is 41.7 Å². The number of fused-ring (bicyclic) bond motifs is 3. The molecule has 2 aromatic rings. The Kier molecular flexibility index (Phi) is 6.39. The number of sulfonamides is 1. The molecular formula is C24H26ClF2NO5S2. The molecule has 2 fully saturated rings. The molecule has 1 saturated carbocycles. The van der Waals surface area contributed by atoms with Gasteiger partial charge in [0.2, 0.25) is 10.0 Å². The molecule has 6 nitrogen and oxygen atoms in total. The summed E-state index contributed by atoms with van der Waals surface area (Å²) < 4.78 is 89.5. The second-order valence-electron chi connectivity index (χ2n) is 9.61. The largest absolute Gasteiger partial charge is 0.490 e. The van der Waals surface area contributed by atoms with E-state index < -0.39 is 42.2 Å². The van der Waals surface area contributed by atoms with Crippen LogP contribution in [0.2, 0.25) is 5.02 Å². The standard InChI is InChI=1S/C24H26ClF2NO5S2/c25-18-3-5-19(6-4-18)35(31,32)24-10-9-16(15-34(29,30)28-11-1-2-12-28)13-17(24)14-33-23-21(27)8-7-20(26)22(23)24/h3-8,16-17H,1-2,9-15H2/t16-,17-,24+/m0/s1. The second-order valence-corrected chi connectivity index (χ2v) is 14.3. The Bertz CT molecular complexity index is 1340. The Hall–Kier alpha value is -1.75. The molecular weight excluding hydrogens is 520 g/mol. The number of sulfone groups is 1. The van der Waals surface area contributed by atoms with Crippen LogP contribution < -0.4 is 4.74 Å². The lowest BCUT2D eigenvalue weighted by Gasteiger charge is -2.49. The molecule has 0 amide bonds. The molecule has 35 heavy (non-hydrogen) atoms. The highest BCUT2D eigenvalue weighted by molar-refractivity contribution is 7.92. The van der Waals surface area contributed by atoms with Crippen molar-refractivity contribution in [1.29, 1.82) is 0 Å².